The average Bonchev–Trinajstić information content (AvgIpc) is 4.18. The van der Waals surface area contributed by atoms with Crippen molar-refractivity contribution < 1.29 is 0 Å². The fourth-order valence-electron chi connectivity index (χ4n) is 9.29. The van der Waals surface area contributed by atoms with Crippen molar-refractivity contribution in [2.24, 2.45) is 0 Å². The van der Waals surface area contributed by atoms with Crippen molar-refractivity contribution in [2.75, 3.05) is 0 Å². The molecule has 318 valence electrons. The molecule has 5 aromatic carbocycles. The second kappa shape index (κ2) is 18.7. The summed E-state index contributed by atoms with van der Waals surface area (Å²) in [5, 5.41) is 10.4. The van der Waals surface area contributed by atoms with E-state index in [0.717, 1.165) is 0 Å². The average molecular weight is 939 g/mol. The zero-order chi connectivity index (χ0) is 43.0. The molecule has 11 rings (SSSR count). The first-order valence-corrected chi connectivity index (χ1v) is 27.9. The lowest BCUT2D eigenvalue weighted by atomic mass is 9.87. The summed E-state index contributed by atoms with van der Waals surface area (Å²) in [5.74, 6) is 0. The van der Waals surface area contributed by atoms with Gasteiger partial charge in [-0.15, -0.1) is 68.0 Å². The highest BCUT2D eigenvalue weighted by atomic mass is 32.1. The summed E-state index contributed by atoms with van der Waals surface area (Å²) in [7, 11) is 0. The number of benzene rings is 5. The van der Waals surface area contributed by atoms with Gasteiger partial charge in [0.1, 0.15) is 0 Å². The molecule has 6 heterocycles. The smallest absolute Gasteiger partial charge is 0.0449 e. The number of hydrogen-bond acceptors (Lipinski definition) is 6. The van der Waals surface area contributed by atoms with E-state index in [1.54, 1.807) is 0 Å². The molecular formula is C58H50S6. The van der Waals surface area contributed by atoms with Crippen LogP contribution in [0.4, 0.5) is 0 Å². The number of rotatable bonds is 16. The van der Waals surface area contributed by atoms with Gasteiger partial charge < -0.3 is 0 Å². The van der Waals surface area contributed by atoms with Crippen LogP contribution in [0.25, 0.3) is 103 Å². The second-order valence-corrected chi connectivity index (χ2v) is 23.7. The van der Waals surface area contributed by atoms with Gasteiger partial charge in [0.15, 0.2) is 0 Å². The minimum Gasteiger partial charge on any atom is -0.139 e. The van der Waals surface area contributed by atoms with E-state index in [1.165, 1.54) is 177 Å². The van der Waals surface area contributed by atoms with E-state index < -0.39 is 0 Å². The maximum absolute atomic E-state index is 2.47. The normalized spacial score (nSPS) is 11.9. The van der Waals surface area contributed by atoms with Crippen molar-refractivity contribution >= 4 is 111 Å². The Morgan fingerprint density at radius 3 is 0.891 bits per heavy atom. The van der Waals surface area contributed by atoms with Crippen LogP contribution in [0, 0.1) is 0 Å². The summed E-state index contributed by atoms with van der Waals surface area (Å²) in [6.45, 7) is 4.58. The van der Waals surface area contributed by atoms with E-state index >= 15 is 0 Å². The lowest BCUT2D eigenvalue weighted by molar-refractivity contribution is 0.670. The Morgan fingerprint density at radius 2 is 0.562 bits per heavy atom. The largest absolute Gasteiger partial charge is 0.139 e. The fourth-order valence-corrected chi connectivity index (χ4v) is 15.9. The molecular weight excluding hydrogens is 889 g/mol. The number of thiophene rings is 6. The molecule has 0 radical (unpaired) electrons. The van der Waals surface area contributed by atoms with Gasteiger partial charge in [-0.05, 0) is 166 Å². The third-order valence-electron chi connectivity index (χ3n) is 12.6. The van der Waals surface area contributed by atoms with Crippen LogP contribution in [0.2, 0.25) is 0 Å². The first kappa shape index (κ1) is 42.0. The Morgan fingerprint density at radius 1 is 0.281 bits per heavy atom. The third kappa shape index (κ3) is 8.38. The van der Waals surface area contributed by atoms with Crippen LogP contribution in [0.15, 0.2) is 146 Å². The van der Waals surface area contributed by atoms with Gasteiger partial charge in [0.25, 0.3) is 0 Å². The fraction of sp³-hybridized carbons (Fsp3) is 0.207. The molecule has 64 heavy (non-hydrogen) atoms. The number of aryl methyl sites for hydroxylation is 2. The molecule has 0 spiro atoms. The predicted molar refractivity (Wildman–Crippen MR) is 292 cm³/mol. The van der Waals surface area contributed by atoms with Crippen molar-refractivity contribution in [3.8, 4) is 59.9 Å². The SMILES string of the molecule is CCCCCCc1ccc(-c2ccc(-c3ccc(-c4c5cc6ccccc6cc5c(-c5ccc(-c6ccc(-c7ccc(CCCCCC)s7)s6)s5)c5cc6ccccc6cc45)s3)s2)s1. The van der Waals surface area contributed by atoms with Gasteiger partial charge in [-0.25, -0.2) is 0 Å². The molecule has 0 bridgehead atoms. The Labute approximate surface area is 401 Å². The summed E-state index contributed by atoms with van der Waals surface area (Å²) >= 11 is 11.7. The lowest BCUT2D eigenvalue weighted by Crippen LogP contribution is -1.90. The molecule has 6 heteroatoms. The van der Waals surface area contributed by atoms with Crippen LogP contribution in [-0.4, -0.2) is 0 Å². The van der Waals surface area contributed by atoms with Gasteiger partial charge >= 0.3 is 0 Å². The third-order valence-corrected chi connectivity index (χ3v) is 20.1. The molecule has 6 aromatic heterocycles. The summed E-state index contributed by atoms with van der Waals surface area (Å²) in [4.78, 5) is 16.5. The summed E-state index contributed by atoms with van der Waals surface area (Å²) in [5.41, 5.74) is 2.68. The molecule has 0 saturated carbocycles. The van der Waals surface area contributed by atoms with E-state index in [2.05, 4.69) is 159 Å². The zero-order valence-corrected chi connectivity index (χ0v) is 41.3. The van der Waals surface area contributed by atoms with Gasteiger partial charge in [-0.2, -0.15) is 0 Å². The standard InChI is InChI=1S/C58H50S6/c1-3-5-7-9-19-41-21-23-47(59-41)49-25-27-51(61-49)53-29-31-55(63-53)57-43-33-37-15-11-13-17-39(37)35-45(43)58(46-36-40-18-14-12-16-38(40)34-44(46)57)56-32-30-54(64-56)52-28-26-50(62-52)48-24-22-42(60-48)20-10-8-6-4-2/h11-18,21-36H,3-10,19-20H2,1-2H3. The minimum atomic E-state index is 1.20. The van der Waals surface area contributed by atoms with Crippen molar-refractivity contribution in [3.05, 3.63) is 155 Å². The minimum absolute atomic E-state index is 1.20. The number of unbranched alkanes of at least 4 members (excludes halogenated alkanes) is 6. The van der Waals surface area contributed by atoms with Gasteiger partial charge in [-0.1, -0.05) is 101 Å². The Hall–Kier alpha value is -4.66. The summed E-state index contributed by atoms with van der Waals surface area (Å²) in [6, 6.07) is 55.9. The highest BCUT2D eigenvalue weighted by Gasteiger charge is 2.22. The van der Waals surface area contributed by atoms with Crippen LogP contribution >= 0.6 is 68.0 Å². The van der Waals surface area contributed by atoms with Gasteiger partial charge in [-0.3, -0.25) is 0 Å². The van der Waals surface area contributed by atoms with E-state index in [4.69, 9.17) is 0 Å². The molecule has 0 saturated heterocycles. The quantitative estimate of drug-likeness (QED) is 0.0669. The number of fused-ring (bicyclic) bond motifs is 4. The molecule has 0 aliphatic rings. The topological polar surface area (TPSA) is 0 Å². The van der Waals surface area contributed by atoms with Crippen molar-refractivity contribution in [1.82, 2.24) is 0 Å². The van der Waals surface area contributed by atoms with Gasteiger partial charge in [0.2, 0.25) is 0 Å². The molecule has 0 fully saturated rings. The maximum Gasteiger partial charge on any atom is 0.0449 e. The number of hydrogen-bond donors (Lipinski definition) is 0. The second-order valence-electron chi connectivity index (χ2n) is 17.0. The first-order valence-electron chi connectivity index (χ1n) is 23.0. The molecule has 0 aliphatic heterocycles. The molecule has 0 N–H and O–H groups in total. The van der Waals surface area contributed by atoms with Crippen LogP contribution in [-0.2, 0) is 12.8 Å². The van der Waals surface area contributed by atoms with Gasteiger partial charge in [0.05, 0.1) is 0 Å². The molecule has 0 unspecified atom stereocenters. The predicted octanol–water partition coefficient (Wildman–Crippen LogP) is 20.9. The Bertz CT molecular complexity index is 3070. The van der Waals surface area contributed by atoms with Crippen molar-refractivity contribution in [3.63, 3.8) is 0 Å². The first-order chi connectivity index (χ1) is 31.6. The highest BCUT2D eigenvalue weighted by molar-refractivity contribution is 7.28. The molecule has 0 amide bonds. The van der Waals surface area contributed by atoms with Crippen molar-refractivity contribution in [2.45, 2.75) is 78.1 Å². The molecule has 11 aromatic rings. The highest BCUT2D eigenvalue weighted by Crippen LogP contribution is 2.51. The molecule has 0 atom stereocenters. The van der Waals surface area contributed by atoms with E-state index in [9.17, 15) is 0 Å². The maximum atomic E-state index is 2.47. The zero-order valence-electron chi connectivity index (χ0n) is 36.4. The van der Waals surface area contributed by atoms with Crippen LogP contribution < -0.4 is 0 Å². The van der Waals surface area contributed by atoms with E-state index in [-0.39, 0.29) is 0 Å². The van der Waals surface area contributed by atoms with Crippen LogP contribution in [0.5, 0.6) is 0 Å². The van der Waals surface area contributed by atoms with Crippen molar-refractivity contribution in [1.29, 1.82) is 0 Å². The van der Waals surface area contributed by atoms with E-state index in [0.29, 0.717) is 0 Å². The summed E-state index contributed by atoms with van der Waals surface area (Å²) < 4.78 is 0. The van der Waals surface area contributed by atoms with Gasteiger partial charge in [0, 0.05) is 69.7 Å². The van der Waals surface area contributed by atoms with Crippen LogP contribution in [0.3, 0.4) is 0 Å². The monoisotopic (exact) mass is 938 g/mol. The Balaban J connectivity index is 1.000. The van der Waals surface area contributed by atoms with Crippen LogP contribution in [0.1, 0.15) is 75.0 Å². The summed E-state index contributed by atoms with van der Waals surface area (Å²) in [6.07, 6.45) is 12.9. The Kier molecular flexibility index (Phi) is 12.3. The van der Waals surface area contributed by atoms with E-state index in [1.807, 2.05) is 68.0 Å². The molecule has 0 nitrogen and oxygen atoms in total. The molecule has 0 aliphatic carbocycles. The lowest BCUT2D eigenvalue weighted by Gasteiger charge is -2.18.